The van der Waals surface area contributed by atoms with Crippen molar-refractivity contribution >= 4 is 21.4 Å². The van der Waals surface area contributed by atoms with Crippen LogP contribution in [0.25, 0.3) is 0 Å². The topological polar surface area (TPSA) is 43.4 Å². The molecule has 3 nitrogen and oxygen atoms in total. The van der Waals surface area contributed by atoms with Gasteiger partial charge in [0.2, 0.25) is 0 Å². The van der Waals surface area contributed by atoms with Crippen LogP contribution in [-0.4, -0.2) is 21.3 Å². The molecule has 0 spiro atoms. The summed E-state index contributed by atoms with van der Waals surface area (Å²) in [5.74, 6) is 0.595. The highest BCUT2D eigenvalue weighted by Gasteiger charge is 2.30. The van der Waals surface area contributed by atoms with Crippen LogP contribution in [0.4, 0.5) is 0 Å². The predicted octanol–water partition coefficient (Wildman–Crippen LogP) is 2.52. The van der Waals surface area contributed by atoms with Gasteiger partial charge in [-0.25, -0.2) is 8.42 Å². The van der Waals surface area contributed by atoms with Crippen LogP contribution in [0.5, 0.6) is 5.75 Å². The maximum absolute atomic E-state index is 11.7. The van der Waals surface area contributed by atoms with Crippen molar-refractivity contribution < 1.29 is 13.2 Å². The summed E-state index contributed by atoms with van der Waals surface area (Å²) < 4.78 is 28.7. The molecular formula is C11H13ClO3S. The molecule has 0 radical (unpaired) electrons. The van der Waals surface area contributed by atoms with Gasteiger partial charge < -0.3 is 4.74 Å². The van der Waals surface area contributed by atoms with E-state index in [2.05, 4.69) is 0 Å². The average molecular weight is 261 g/mol. The third kappa shape index (κ3) is 2.04. The first-order chi connectivity index (χ1) is 7.39. The molecule has 0 aliphatic carbocycles. The van der Waals surface area contributed by atoms with E-state index in [1.54, 1.807) is 6.07 Å². The minimum Gasteiger partial charge on any atom is -0.493 e. The molecule has 1 aromatic rings. The lowest BCUT2D eigenvalue weighted by Gasteiger charge is -2.25. The fourth-order valence-electron chi connectivity index (χ4n) is 1.94. The van der Waals surface area contributed by atoms with Crippen molar-refractivity contribution in [2.24, 2.45) is 0 Å². The van der Waals surface area contributed by atoms with Gasteiger partial charge in [-0.05, 0) is 24.6 Å². The van der Waals surface area contributed by atoms with E-state index < -0.39 is 15.1 Å². The Labute approximate surface area is 100 Å². The molecule has 0 fully saturated rings. The average Bonchev–Trinajstić information content (AvgIpc) is 2.17. The third-order valence-electron chi connectivity index (χ3n) is 2.79. The van der Waals surface area contributed by atoms with E-state index in [0.29, 0.717) is 23.8 Å². The Morgan fingerprint density at radius 3 is 2.75 bits per heavy atom. The Hall–Kier alpha value is -0.740. The van der Waals surface area contributed by atoms with E-state index in [9.17, 15) is 8.42 Å². The molecule has 0 saturated heterocycles. The van der Waals surface area contributed by atoms with Crippen molar-refractivity contribution in [1.29, 1.82) is 0 Å². The van der Waals surface area contributed by atoms with E-state index in [-0.39, 0.29) is 0 Å². The summed E-state index contributed by atoms with van der Waals surface area (Å²) in [4.78, 5) is 0. The molecule has 88 valence electrons. The van der Waals surface area contributed by atoms with Gasteiger partial charge in [-0.15, -0.1) is 0 Å². The summed E-state index contributed by atoms with van der Waals surface area (Å²) in [6, 6.07) is 3.51. The monoisotopic (exact) mass is 260 g/mol. The van der Waals surface area contributed by atoms with Crippen LogP contribution in [0, 0.1) is 6.92 Å². The van der Waals surface area contributed by atoms with Gasteiger partial charge in [0.25, 0.3) is 0 Å². The number of fused-ring (bicyclic) bond motifs is 1. The van der Waals surface area contributed by atoms with Gasteiger partial charge in [0.05, 0.1) is 11.9 Å². The number of rotatable bonds is 1. The van der Waals surface area contributed by atoms with Gasteiger partial charge in [-0.2, -0.15) is 0 Å². The lowest BCUT2D eigenvalue weighted by molar-refractivity contribution is 0.283. The molecule has 0 N–H and O–H groups in total. The van der Waals surface area contributed by atoms with Crippen LogP contribution < -0.4 is 4.74 Å². The van der Waals surface area contributed by atoms with Crippen molar-refractivity contribution in [1.82, 2.24) is 0 Å². The maximum Gasteiger partial charge on any atom is 0.154 e. The van der Waals surface area contributed by atoms with Gasteiger partial charge in [-0.1, -0.05) is 11.6 Å². The van der Waals surface area contributed by atoms with Crippen LogP contribution in [0.2, 0.25) is 5.02 Å². The smallest absolute Gasteiger partial charge is 0.154 e. The molecule has 0 saturated carbocycles. The van der Waals surface area contributed by atoms with E-state index >= 15 is 0 Å². The van der Waals surface area contributed by atoms with Crippen molar-refractivity contribution in [3.05, 3.63) is 28.3 Å². The highest BCUT2D eigenvalue weighted by atomic mass is 35.5. The third-order valence-corrected chi connectivity index (χ3v) is 4.72. The molecule has 16 heavy (non-hydrogen) atoms. The molecule has 5 heteroatoms. The van der Waals surface area contributed by atoms with Gasteiger partial charge in [0.15, 0.2) is 9.84 Å². The van der Waals surface area contributed by atoms with Crippen LogP contribution in [0.15, 0.2) is 12.1 Å². The summed E-state index contributed by atoms with van der Waals surface area (Å²) in [7, 11) is -3.09. The highest BCUT2D eigenvalue weighted by Crippen LogP contribution is 2.39. The first kappa shape index (κ1) is 11.7. The fourth-order valence-corrected chi connectivity index (χ4v) is 3.26. The van der Waals surface area contributed by atoms with Gasteiger partial charge >= 0.3 is 0 Å². The number of aryl methyl sites for hydroxylation is 1. The number of benzene rings is 1. The lowest BCUT2D eigenvalue weighted by atomic mass is 10.0. The Kier molecular flexibility index (Phi) is 2.88. The molecule has 1 aromatic carbocycles. The number of hydrogen-bond donors (Lipinski definition) is 0. The zero-order chi connectivity index (χ0) is 11.9. The molecule has 2 rings (SSSR count). The Bertz CT molecular complexity index is 522. The summed E-state index contributed by atoms with van der Waals surface area (Å²) >= 11 is 5.98. The zero-order valence-corrected chi connectivity index (χ0v) is 10.7. The van der Waals surface area contributed by atoms with Crippen LogP contribution in [0.3, 0.4) is 0 Å². The molecule has 1 atom stereocenters. The predicted molar refractivity (Wildman–Crippen MR) is 63.9 cm³/mol. The minimum absolute atomic E-state index is 0.421. The second-order valence-corrected chi connectivity index (χ2v) is 6.73. The number of sulfone groups is 1. The molecule has 1 heterocycles. The molecule has 0 aromatic heterocycles. The standard InChI is InChI=1S/C11H13ClO3S/c1-7-5-8-10(6-9(7)12)15-4-3-11(8)16(2,13)14/h5-6,11H,3-4H2,1-2H3. The van der Waals surface area contributed by atoms with Crippen LogP contribution >= 0.6 is 11.6 Å². The van der Waals surface area contributed by atoms with Crippen molar-refractivity contribution in [3.8, 4) is 5.75 Å². The van der Waals surface area contributed by atoms with Gasteiger partial charge in [-0.3, -0.25) is 0 Å². The lowest BCUT2D eigenvalue weighted by Crippen LogP contribution is -2.20. The summed E-state index contributed by atoms with van der Waals surface area (Å²) in [5, 5.41) is 0.139. The summed E-state index contributed by atoms with van der Waals surface area (Å²) in [5.41, 5.74) is 1.61. The molecule has 1 aliphatic heterocycles. The first-order valence-corrected chi connectivity index (χ1v) is 7.34. The van der Waals surface area contributed by atoms with Crippen LogP contribution in [-0.2, 0) is 9.84 Å². The first-order valence-electron chi connectivity index (χ1n) is 5.01. The number of ether oxygens (including phenoxy) is 1. The Balaban J connectivity index is 2.59. The van der Waals surface area contributed by atoms with Gasteiger partial charge in [0, 0.05) is 23.3 Å². The second kappa shape index (κ2) is 3.93. The van der Waals surface area contributed by atoms with E-state index in [1.165, 1.54) is 6.26 Å². The normalized spacial score (nSPS) is 20.1. The molecule has 1 unspecified atom stereocenters. The Morgan fingerprint density at radius 2 is 2.12 bits per heavy atom. The fraction of sp³-hybridized carbons (Fsp3) is 0.455. The van der Waals surface area contributed by atoms with Crippen molar-refractivity contribution in [3.63, 3.8) is 0 Å². The number of halogens is 1. The molecule has 0 bridgehead atoms. The molecule has 0 amide bonds. The summed E-state index contributed by atoms with van der Waals surface area (Å²) in [6.45, 7) is 2.28. The SMILES string of the molecule is Cc1cc2c(cc1Cl)OCCC2S(C)(=O)=O. The molecule has 1 aliphatic rings. The highest BCUT2D eigenvalue weighted by molar-refractivity contribution is 7.90. The summed E-state index contributed by atoms with van der Waals surface area (Å²) in [6.07, 6.45) is 1.77. The number of hydrogen-bond acceptors (Lipinski definition) is 3. The zero-order valence-electron chi connectivity index (χ0n) is 9.16. The largest absolute Gasteiger partial charge is 0.493 e. The minimum atomic E-state index is -3.09. The van der Waals surface area contributed by atoms with Crippen molar-refractivity contribution in [2.45, 2.75) is 18.6 Å². The van der Waals surface area contributed by atoms with E-state index in [1.807, 2.05) is 13.0 Å². The van der Waals surface area contributed by atoms with E-state index in [0.717, 1.165) is 11.1 Å². The maximum atomic E-state index is 11.7. The quantitative estimate of drug-likeness (QED) is 0.779. The van der Waals surface area contributed by atoms with Crippen LogP contribution in [0.1, 0.15) is 22.8 Å². The van der Waals surface area contributed by atoms with E-state index in [4.69, 9.17) is 16.3 Å². The molecular weight excluding hydrogens is 248 g/mol. The van der Waals surface area contributed by atoms with Crippen molar-refractivity contribution in [2.75, 3.05) is 12.9 Å². The Morgan fingerprint density at radius 1 is 1.44 bits per heavy atom. The van der Waals surface area contributed by atoms with Gasteiger partial charge in [0.1, 0.15) is 5.75 Å². The second-order valence-electron chi connectivity index (χ2n) is 4.09.